The fraction of sp³-hybridized carbons (Fsp3) is 0.600. The first kappa shape index (κ1) is 21.8. The SMILES string of the molecule is CC(C)CC(=O)OCCOc1cccc(OCCOC(=O)CC(C)C)c1. The minimum absolute atomic E-state index is 0.211. The highest BCUT2D eigenvalue weighted by Gasteiger charge is 2.07. The molecule has 6 heteroatoms. The highest BCUT2D eigenvalue weighted by atomic mass is 16.6. The van der Waals surface area contributed by atoms with Gasteiger partial charge in [-0.25, -0.2) is 0 Å². The summed E-state index contributed by atoms with van der Waals surface area (Å²) >= 11 is 0. The van der Waals surface area contributed by atoms with Gasteiger partial charge in [0.15, 0.2) is 0 Å². The third-order valence-corrected chi connectivity index (χ3v) is 3.19. The van der Waals surface area contributed by atoms with Crippen molar-refractivity contribution in [3.05, 3.63) is 24.3 Å². The van der Waals surface area contributed by atoms with Crippen molar-refractivity contribution in [2.24, 2.45) is 11.8 Å². The van der Waals surface area contributed by atoms with E-state index >= 15 is 0 Å². The molecule has 0 spiro atoms. The van der Waals surface area contributed by atoms with E-state index in [9.17, 15) is 9.59 Å². The van der Waals surface area contributed by atoms with Crippen molar-refractivity contribution in [3.8, 4) is 11.5 Å². The first-order chi connectivity index (χ1) is 12.4. The lowest BCUT2D eigenvalue weighted by molar-refractivity contribution is -0.146. The molecule has 146 valence electrons. The molecule has 0 atom stereocenters. The minimum atomic E-state index is -0.215. The standard InChI is InChI=1S/C20H30O6/c1-15(2)12-19(21)25-10-8-23-17-6-5-7-18(14-17)24-9-11-26-20(22)13-16(3)4/h5-7,14-16H,8-13H2,1-4H3. The van der Waals surface area contributed by atoms with E-state index < -0.39 is 0 Å². The van der Waals surface area contributed by atoms with Crippen LogP contribution in [-0.2, 0) is 19.1 Å². The molecule has 0 radical (unpaired) electrons. The summed E-state index contributed by atoms with van der Waals surface area (Å²) in [5.74, 6) is 1.38. The monoisotopic (exact) mass is 366 g/mol. The van der Waals surface area contributed by atoms with Gasteiger partial charge in [0.2, 0.25) is 0 Å². The number of esters is 2. The smallest absolute Gasteiger partial charge is 0.306 e. The van der Waals surface area contributed by atoms with E-state index in [2.05, 4.69) is 0 Å². The van der Waals surface area contributed by atoms with Crippen LogP contribution >= 0.6 is 0 Å². The molecule has 0 bridgehead atoms. The molecule has 1 rings (SSSR count). The van der Waals surface area contributed by atoms with E-state index in [0.29, 0.717) is 24.3 Å². The predicted octanol–water partition coefficient (Wildman–Crippen LogP) is 3.62. The van der Waals surface area contributed by atoms with Gasteiger partial charge in [-0.15, -0.1) is 0 Å². The topological polar surface area (TPSA) is 71.1 Å². The van der Waals surface area contributed by atoms with E-state index in [0.717, 1.165) is 0 Å². The highest BCUT2D eigenvalue weighted by molar-refractivity contribution is 5.69. The van der Waals surface area contributed by atoms with Gasteiger partial charge in [-0.1, -0.05) is 33.8 Å². The van der Waals surface area contributed by atoms with Gasteiger partial charge >= 0.3 is 11.9 Å². The molecule has 0 amide bonds. The van der Waals surface area contributed by atoms with Gasteiger partial charge in [-0.3, -0.25) is 9.59 Å². The molecule has 26 heavy (non-hydrogen) atoms. The summed E-state index contributed by atoms with van der Waals surface area (Å²) in [5, 5.41) is 0. The van der Waals surface area contributed by atoms with Gasteiger partial charge < -0.3 is 18.9 Å². The molecule has 0 aliphatic heterocycles. The summed E-state index contributed by atoms with van der Waals surface area (Å²) in [6.07, 6.45) is 0.816. The fourth-order valence-electron chi connectivity index (χ4n) is 2.07. The number of carbonyl (C=O) groups excluding carboxylic acids is 2. The number of carbonyl (C=O) groups is 2. The number of ether oxygens (including phenoxy) is 4. The molecular formula is C20H30O6. The molecule has 0 aliphatic carbocycles. The Morgan fingerprint density at radius 3 is 1.58 bits per heavy atom. The number of rotatable bonds is 12. The average molecular weight is 366 g/mol. The van der Waals surface area contributed by atoms with Crippen LogP contribution in [-0.4, -0.2) is 38.4 Å². The predicted molar refractivity (Wildman–Crippen MR) is 98.3 cm³/mol. The quantitative estimate of drug-likeness (QED) is 0.416. The third-order valence-electron chi connectivity index (χ3n) is 3.19. The van der Waals surface area contributed by atoms with Crippen LogP contribution in [0.3, 0.4) is 0 Å². The van der Waals surface area contributed by atoms with Gasteiger partial charge in [0.25, 0.3) is 0 Å². The Morgan fingerprint density at radius 1 is 0.769 bits per heavy atom. The Hall–Kier alpha value is -2.24. The highest BCUT2D eigenvalue weighted by Crippen LogP contribution is 2.19. The molecule has 0 N–H and O–H groups in total. The second-order valence-electron chi connectivity index (χ2n) is 6.81. The maximum atomic E-state index is 11.4. The molecule has 0 heterocycles. The van der Waals surface area contributed by atoms with Crippen LogP contribution in [0.1, 0.15) is 40.5 Å². The van der Waals surface area contributed by atoms with Crippen LogP contribution in [0, 0.1) is 11.8 Å². The summed E-state index contributed by atoms with van der Waals surface area (Å²) in [4.78, 5) is 22.9. The normalized spacial score (nSPS) is 10.7. The second-order valence-corrected chi connectivity index (χ2v) is 6.81. The maximum Gasteiger partial charge on any atom is 0.306 e. The van der Waals surface area contributed by atoms with Gasteiger partial charge in [0.05, 0.1) is 0 Å². The van der Waals surface area contributed by atoms with Crippen LogP contribution in [0.25, 0.3) is 0 Å². The average Bonchev–Trinajstić information content (AvgIpc) is 2.55. The number of hydrogen-bond donors (Lipinski definition) is 0. The van der Waals surface area contributed by atoms with Crippen LogP contribution in [0.15, 0.2) is 24.3 Å². The van der Waals surface area contributed by atoms with Gasteiger partial charge in [-0.05, 0) is 24.0 Å². The molecule has 0 aromatic heterocycles. The zero-order valence-electron chi connectivity index (χ0n) is 16.2. The lowest BCUT2D eigenvalue weighted by atomic mass is 10.1. The summed E-state index contributed by atoms with van der Waals surface area (Å²) in [5.41, 5.74) is 0. The molecule has 0 saturated heterocycles. The number of benzene rings is 1. The lowest BCUT2D eigenvalue weighted by Gasteiger charge is -2.11. The molecule has 0 aliphatic rings. The molecular weight excluding hydrogens is 336 g/mol. The molecule has 6 nitrogen and oxygen atoms in total. The largest absolute Gasteiger partial charge is 0.490 e. The zero-order valence-corrected chi connectivity index (χ0v) is 16.2. The summed E-state index contributed by atoms with van der Waals surface area (Å²) in [6.45, 7) is 8.84. The maximum absolute atomic E-state index is 11.4. The van der Waals surface area contributed by atoms with Crippen LogP contribution < -0.4 is 9.47 Å². The number of hydrogen-bond acceptors (Lipinski definition) is 6. The first-order valence-corrected chi connectivity index (χ1v) is 9.03. The Balaban J connectivity index is 2.24. The van der Waals surface area contributed by atoms with Crippen molar-refractivity contribution in [1.82, 2.24) is 0 Å². The Kier molecular flexibility index (Phi) is 10.2. The summed E-state index contributed by atoms with van der Waals surface area (Å²) < 4.78 is 21.3. The van der Waals surface area contributed by atoms with Crippen LogP contribution in [0.5, 0.6) is 11.5 Å². The summed E-state index contributed by atoms with van der Waals surface area (Å²) in [7, 11) is 0. The van der Waals surface area contributed by atoms with E-state index in [1.807, 2.05) is 27.7 Å². The van der Waals surface area contributed by atoms with Crippen LogP contribution in [0.4, 0.5) is 0 Å². The zero-order chi connectivity index (χ0) is 19.4. The van der Waals surface area contributed by atoms with Crippen molar-refractivity contribution in [2.75, 3.05) is 26.4 Å². The van der Waals surface area contributed by atoms with Crippen molar-refractivity contribution in [2.45, 2.75) is 40.5 Å². The molecule has 0 unspecified atom stereocenters. The van der Waals surface area contributed by atoms with Crippen molar-refractivity contribution < 1.29 is 28.5 Å². The van der Waals surface area contributed by atoms with Gasteiger partial charge in [-0.2, -0.15) is 0 Å². The van der Waals surface area contributed by atoms with E-state index in [-0.39, 0.29) is 50.2 Å². The molecule has 1 aromatic carbocycles. The van der Waals surface area contributed by atoms with Crippen molar-refractivity contribution in [1.29, 1.82) is 0 Å². The fourth-order valence-corrected chi connectivity index (χ4v) is 2.07. The van der Waals surface area contributed by atoms with Gasteiger partial charge in [0.1, 0.15) is 37.9 Å². The van der Waals surface area contributed by atoms with Crippen LogP contribution in [0.2, 0.25) is 0 Å². The first-order valence-electron chi connectivity index (χ1n) is 9.03. The molecule has 0 saturated carbocycles. The third kappa shape index (κ3) is 10.6. The lowest BCUT2D eigenvalue weighted by Crippen LogP contribution is -2.14. The van der Waals surface area contributed by atoms with Crippen molar-refractivity contribution >= 4 is 11.9 Å². The Morgan fingerprint density at radius 2 is 1.19 bits per heavy atom. The molecule has 0 fully saturated rings. The van der Waals surface area contributed by atoms with E-state index in [1.165, 1.54) is 0 Å². The van der Waals surface area contributed by atoms with E-state index in [4.69, 9.17) is 18.9 Å². The Bertz CT molecular complexity index is 508. The second kappa shape index (κ2) is 12.2. The van der Waals surface area contributed by atoms with Crippen molar-refractivity contribution in [3.63, 3.8) is 0 Å². The minimum Gasteiger partial charge on any atom is -0.490 e. The Labute approximate surface area is 155 Å². The van der Waals surface area contributed by atoms with E-state index in [1.54, 1.807) is 24.3 Å². The van der Waals surface area contributed by atoms with Gasteiger partial charge in [0, 0.05) is 18.9 Å². The molecule has 1 aromatic rings. The summed E-state index contributed by atoms with van der Waals surface area (Å²) in [6, 6.07) is 7.14.